The van der Waals surface area contributed by atoms with Gasteiger partial charge in [-0.2, -0.15) is 9.47 Å². The van der Waals surface area contributed by atoms with Gasteiger partial charge in [0.15, 0.2) is 0 Å². The molecule has 0 saturated carbocycles. The molecule has 0 spiro atoms. The molecule has 2 rings (SSSR count). The molecule has 1 N–H and O–H groups in total. The highest BCUT2D eigenvalue weighted by Gasteiger charge is 2.06. The normalized spacial score (nSPS) is 10.3. The van der Waals surface area contributed by atoms with Crippen molar-refractivity contribution in [1.82, 2.24) is 19.1 Å². The molecule has 0 atom stereocenters. The topological polar surface area (TPSA) is 80.9 Å². The summed E-state index contributed by atoms with van der Waals surface area (Å²) in [6.07, 6.45) is 4.54. The van der Waals surface area contributed by atoms with Gasteiger partial charge in [-0.15, -0.1) is 0 Å². The minimum atomic E-state index is -0.873. The molecule has 2 aromatic rings. The largest absolute Gasteiger partial charge is 0.481 e. The van der Waals surface area contributed by atoms with Crippen molar-refractivity contribution in [3.63, 3.8) is 0 Å². The van der Waals surface area contributed by atoms with E-state index in [0.29, 0.717) is 10.7 Å². The first kappa shape index (κ1) is 8.82. The van der Waals surface area contributed by atoms with Gasteiger partial charge in [0.1, 0.15) is 6.33 Å². The van der Waals surface area contributed by atoms with Crippen molar-refractivity contribution in [2.45, 2.75) is 6.42 Å². The van der Waals surface area contributed by atoms with Gasteiger partial charge in [-0.3, -0.25) is 4.79 Å². The van der Waals surface area contributed by atoms with Gasteiger partial charge in [0.05, 0.1) is 12.6 Å². The Labute approximate surface area is 83.0 Å². The van der Waals surface area contributed by atoms with Gasteiger partial charge < -0.3 is 5.11 Å². The van der Waals surface area contributed by atoms with E-state index in [2.05, 4.69) is 14.5 Å². The minimum Gasteiger partial charge on any atom is -0.481 e. The summed E-state index contributed by atoms with van der Waals surface area (Å²) >= 11 is 1.20. The number of carboxylic acid groups (broad SMARTS) is 1. The Hall–Kier alpha value is -1.76. The lowest BCUT2D eigenvalue weighted by Gasteiger charge is -1.90. The number of carbonyl (C=O) groups is 1. The van der Waals surface area contributed by atoms with E-state index in [-0.39, 0.29) is 6.42 Å². The van der Waals surface area contributed by atoms with Crippen LogP contribution in [-0.4, -0.2) is 30.2 Å². The fourth-order valence-electron chi connectivity index (χ4n) is 0.999. The molecule has 0 aliphatic heterocycles. The lowest BCUT2D eigenvalue weighted by atomic mass is 10.3. The van der Waals surface area contributed by atoms with Gasteiger partial charge in [0, 0.05) is 23.3 Å². The van der Waals surface area contributed by atoms with Crippen LogP contribution >= 0.6 is 11.5 Å². The lowest BCUT2D eigenvalue weighted by Crippen LogP contribution is -1.98. The SMILES string of the molecule is O=C(O)Cc1cnn(-c2ncns2)c1. The van der Waals surface area contributed by atoms with Gasteiger partial charge in [0.25, 0.3) is 0 Å². The predicted octanol–water partition coefficient (Wildman–Crippen LogP) is 0.351. The smallest absolute Gasteiger partial charge is 0.307 e. The molecule has 0 fully saturated rings. The second-order valence-corrected chi connectivity index (χ2v) is 3.35. The van der Waals surface area contributed by atoms with E-state index in [9.17, 15) is 4.79 Å². The maximum absolute atomic E-state index is 10.4. The maximum atomic E-state index is 10.4. The van der Waals surface area contributed by atoms with Gasteiger partial charge in [-0.05, 0) is 0 Å². The minimum absolute atomic E-state index is 0.0290. The van der Waals surface area contributed by atoms with E-state index in [4.69, 9.17) is 5.11 Å². The van der Waals surface area contributed by atoms with Crippen LogP contribution < -0.4 is 0 Å². The van der Waals surface area contributed by atoms with E-state index in [1.54, 1.807) is 6.20 Å². The molecule has 6 nitrogen and oxygen atoms in total. The van der Waals surface area contributed by atoms with Crippen molar-refractivity contribution in [2.24, 2.45) is 0 Å². The quantitative estimate of drug-likeness (QED) is 0.790. The zero-order valence-corrected chi connectivity index (χ0v) is 7.81. The highest BCUT2D eigenvalue weighted by atomic mass is 32.1. The summed E-state index contributed by atoms with van der Waals surface area (Å²) in [5, 5.41) is 13.1. The summed E-state index contributed by atoms with van der Waals surface area (Å²) in [5.74, 6) is -0.873. The molecule has 0 aliphatic carbocycles. The number of aromatic nitrogens is 4. The standard InChI is InChI=1S/C7H6N4O2S/c12-6(13)1-5-2-9-11(3-5)7-8-4-10-14-7/h2-4H,1H2,(H,12,13). The molecule has 0 bridgehead atoms. The number of aliphatic carboxylic acids is 1. The van der Waals surface area contributed by atoms with Crippen LogP contribution in [0.25, 0.3) is 5.13 Å². The molecule has 14 heavy (non-hydrogen) atoms. The number of rotatable bonds is 3. The van der Waals surface area contributed by atoms with Crippen LogP contribution in [0.4, 0.5) is 0 Å². The molecular weight excluding hydrogens is 204 g/mol. The van der Waals surface area contributed by atoms with E-state index >= 15 is 0 Å². The van der Waals surface area contributed by atoms with Gasteiger partial charge in [-0.25, -0.2) is 9.67 Å². The summed E-state index contributed by atoms with van der Waals surface area (Å²) in [5.41, 5.74) is 0.646. The highest BCUT2D eigenvalue weighted by molar-refractivity contribution is 7.07. The first-order valence-corrected chi connectivity index (χ1v) is 4.55. The number of carboxylic acids is 1. The van der Waals surface area contributed by atoms with Crippen molar-refractivity contribution in [3.8, 4) is 5.13 Å². The first-order chi connectivity index (χ1) is 6.75. The predicted molar refractivity (Wildman–Crippen MR) is 48.4 cm³/mol. The van der Waals surface area contributed by atoms with E-state index in [0.717, 1.165) is 0 Å². The molecule has 0 unspecified atom stereocenters. The molecule has 72 valence electrons. The monoisotopic (exact) mass is 210 g/mol. The average Bonchev–Trinajstić information content (AvgIpc) is 2.69. The average molecular weight is 210 g/mol. The summed E-state index contributed by atoms with van der Waals surface area (Å²) < 4.78 is 5.33. The Morgan fingerprint density at radius 1 is 1.64 bits per heavy atom. The van der Waals surface area contributed by atoms with Crippen molar-refractivity contribution < 1.29 is 9.90 Å². The van der Waals surface area contributed by atoms with E-state index in [1.165, 1.54) is 28.7 Å². The zero-order valence-electron chi connectivity index (χ0n) is 6.99. The fraction of sp³-hybridized carbons (Fsp3) is 0.143. The Kier molecular flexibility index (Phi) is 2.23. The van der Waals surface area contributed by atoms with Crippen LogP contribution in [0.15, 0.2) is 18.7 Å². The first-order valence-electron chi connectivity index (χ1n) is 3.78. The molecule has 0 saturated heterocycles. The molecule has 2 heterocycles. The molecule has 0 aliphatic rings. The van der Waals surface area contributed by atoms with Crippen LogP contribution in [0.3, 0.4) is 0 Å². The molecule has 0 amide bonds. The fourth-order valence-corrected chi connectivity index (χ4v) is 1.47. The van der Waals surface area contributed by atoms with Crippen molar-refractivity contribution in [3.05, 3.63) is 24.3 Å². The third-order valence-electron chi connectivity index (χ3n) is 1.54. The van der Waals surface area contributed by atoms with Crippen molar-refractivity contribution in [1.29, 1.82) is 0 Å². The highest BCUT2D eigenvalue weighted by Crippen LogP contribution is 2.08. The van der Waals surface area contributed by atoms with Crippen LogP contribution in [0.5, 0.6) is 0 Å². The molecule has 2 aromatic heterocycles. The molecular formula is C7H6N4O2S. The van der Waals surface area contributed by atoms with Crippen molar-refractivity contribution in [2.75, 3.05) is 0 Å². The number of hydrogen-bond donors (Lipinski definition) is 1. The van der Waals surface area contributed by atoms with Crippen LogP contribution in [0.1, 0.15) is 5.56 Å². The number of nitrogens with zero attached hydrogens (tertiary/aromatic N) is 4. The second kappa shape index (κ2) is 3.54. The number of hydrogen-bond acceptors (Lipinski definition) is 5. The Bertz CT molecular complexity index is 436. The molecule has 7 heteroatoms. The van der Waals surface area contributed by atoms with Gasteiger partial charge in [0.2, 0.25) is 5.13 Å². The summed E-state index contributed by atoms with van der Waals surface area (Å²) in [6.45, 7) is 0. The summed E-state index contributed by atoms with van der Waals surface area (Å²) in [7, 11) is 0. The molecule has 0 aromatic carbocycles. The third kappa shape index (κ3) is 1.77. The Morgan fingerprint density at radius 3 is 3.14 bits per heavy atom. The van der Waals surface area contributed by atoms with Gasteiger partial charge >= 0.3 is 5.97 Å². The summed E-state index contributed by atoms with van der Waals surface area (Å²) in [6, 6.07) is 0. The second-order valence-electron chi connectivity index (χ2n) is 2.59. The third-order valence-corrected chi connectivity index (χ3v) is 2.19. The van der Waals surface area contributed by atoms with Crippen LogP contribution in [0.2, 0.25) is 0 Å². The van der Waals surface area contributed by atoms with Crippen LogP contribution in [-0.2, 0) is 11.2 Å². The molecule has 0 radical (unpaired) electrons. The van der Waals surface area contributed by atoms with E-state index < -0.39 is 5.97 Å². The van der Waals surface area contributed by atoms with Gasteiger partial charge in [-0.1, -0.05) is 0 Å². The maximum Gasteiger partial charge on any atom is 0.307 e. The van der Waals surface area contributed by atoms with E-state index in [1.807, 2.05) is 0 Å². The lowest BCUT2D eigenvalue weighted by molar-refractivity contribution is -0.136. The summed E-state index contributed by atoms with van der Waals surface area (Å²) in [4.78, 5) is 14.3. The van der Waals surface area contributed by atoms with Crippen LogP contribution in [0, 0.1) is 0 Å². The Balaban J connectivity index is 2.22. The Morgan fingerprint density at radius 2 is 2.50 bits per heavy atom. The zero-order chi connectivity index (χ0) is 9.97. The van der Waals surface area contributed by atoms with Crippen molar-refractivity contribution >= 4 is 17.5 Å².